The number of hydrogen-bond acceptors (Lipinski definition) is 3. The Morgan fingerprint density at radius 1 is 1.82 bits per heavy atom. The van der Waals surface area contributed by atoms with Crippen LogP contribution in [0, 0.1) is 0 Å². The van der Waals surface area contributed by atoms with Crippen LogP contribution in [0.3, 0.4) is 0 Å². The van der Waals surface area contributed by atoms with E-state index < -0.39 is 6.04 Å². The summed E-state index contributed by atoms with van der Waals surface area (Å²) in [5.41, 5.74) is 5.50. The SMILES string of the molecule is CCC(N)C(=O)c1ccco1. The van der Waals surface area contributed by atoms with E-state index in [1.54, 1.807) is 12.1 Å². The van der Waals surface area contributed by atoms with Gasteiger partial charge >= 0.3 is 0 Å². The van der Waals surface area contributed by atoms with E-state index in [1.165, 1.54) is 6.26 Å². The van der Waals surface area contributed by atoms with Gasteiger partial charge in [0.05, 0.1) is 12.3 Å². The molecule has 1 rings (SSSR count). The Morgan fingerprint density at radius 2 is 2.55 bits per heavy atom. The fourth-order valence-corrected chi connectivity index (χ4v) is 0.787. The van der Waals surface area contributed by atoms with Crippen LogP contribution in [0.1, 0.15) is 23.9 Å². The maximum Gasteiger partial charge on any atom is 0.214 e. The molecular weight excluding hydrogens is 142 g/mol. The van der Waals surface area contributed by atoms with Crippen molar-refractivity contribution in [2.75, 3.05) is 0 Å². The third-order valence-corrected chi connectivity index (χ3v) is 1.54. The first-order chi connectivity index (χ1) is 5.25. The average molecular weight is 153 g/mol. The maximum atomic E-state index is 11.2. The van der Waals surface area contributed by atoms with Crippen molar-refractivity contribution in [2.45, 2.75) is 19.4 Å². The summed E-state index contributed by atoms with van der Waals surface area (Å²) in [6, 6.07) is 2.87. The lowest BCUT2D eigenvalue weighted by Gasteiger charge is -2.02. The van der Waals surface area contributed by atoms with Crippen LogP contribution in [-0.2, 0) is 0 Å². The second kappa shape index (κ2) is 3.34. The molecule has 3 heteroatoms. The fourth-order valence-electron chi connectivity index (χ4n) is 0.787. The van der Waals surface area contributed by atoms with Crippen LogP contribution in [0.25, 0.3) is 0 Å². The van der Waals surface area contributed by atoms with Gasteiger partial charge in [0.25, 0.3) is 0 Å². The van der Waals surface area contributed by atoms with Gasteiger partial charge in [-0.25, -0.2) is 0 Å². The fraction of sp³-hybridized carbons (Fsp3) is 0.375. The summed E-state index contributed by atoms with van der Waals surface area (Å²) in [6.07, 6.45) is 2.11. The lowest BCUT2D eigenvalue weighted by molar-refractivity contribution is 0.0932. The highest BCUT2D eigenvalue weighted by molar-refractivity contribution is 5.97. The standard InChI is InChI=1S/C8H11NO2/c1-2-6(9)8(10)7-4-3-5-11-7/h3-6H,2,9H2,1H3. The lowest BCUT2D eigenvalue weighted by Crippen LogP contribution is -2.29. The molecule has 0 aliphatic carbocycles. The predicted octanol–water partition coefficient (Wildman–Crippen LogP) is 1.20. The van der Waals surface area contributed by atoms with Gasteiger partial charge in [-0.1, -0.05) is 6.92 Å². The zero-order valence-electron chi connectivity index (χ0n) is 6.41. The Balaban J connectivity index is 2.70. The molecule has 1 aromatic rings. The second-order valence-corrected chi connectivity index (χ2v) is 2.36. The third-order valence-electron chi connectivity index (χ3n) is 1.54. The van der Waals surface area contributed by atoms with Crippen molar-refractivity contribution < 1.29 is 9.21 Å². The zero-order chi connectivity index (χ0) is 8.27. The Morgan fingerprint density at radius 3 is 3.00 bits per heavy atom. The van der Waals surface area contributed by atoms with Gasteiger partial charge in [0, 0.05) is 0 Å². The summed E-state index contributed by atoms with van der Waals surface area (Å²) in [6.45, 7) is 1.87. The van der Waals surface area contributed by atoms with Crippen LogP contribution in [-0.4, -0.2) is 11.8 Å². The van der Waals surface area contributed by atoms with Gasteiger partial charge in [-0.05, 0) is 18.6 Å². The summed E-state index contributed by atoms with van der Waals surface area (Å²) < 4.78 is 4.89. The van der Waals surface area contributed by atoms with Crippen molar-refractivity contribution in [2.24, 2.45) is 5.73 Å². The summed E-state index contributed by atoms with van der Waals surface area (Å²) in [5.74, 6) is 0.219. The van der Waals surface area contributed by atoms with Crippen LogP contribution in [0.15, 0.2) is 22.8 Å². The molecule has 0 radical (unpaired) electrons. The van der Waals surface area contributed by atoms with Crippen molar-refractivity contribution >= 4 is 5.78 Å². The van der Waals surface area contributed by atoms with Gasteiger partial charge in [0.2, 0.25) is 5.78 Å². The summed E-state index contributed by atoms with van der Waals surface area (Å²) in [4.78, 5) is 11.2. The third kappa shape index (κ3) is 1.68. The van der Waals surface area contributed by atoms with Crippen molar-refractivity contribution in [3.8, 4) is 0 Å². The minimum absolute atomic E-state index is 0.127. The highest BCUT2D eigenvalue weighted by Crippen LogP contribution is 2.04. The molecule has 1 atom stereocenters. The molecule has 0 aliphatic rings. The van der Waals surface area contributed by atoms with Crippen molar-refractivity contribution in [3.63, 3.8) is 0 Å². The van der Waals surface area contributed by atoms with E-state index in [1.807, 2.05) is 6.92 Å². The first-order valence-electron chi connectivity index (χ1n) is 3.59. The van der Waals surface area contributed by atoms with Gasteiger partial charge in [0.15, 0.2) is 5.76 Å². The molecule has 1 unspecified atom stereocenters. The van der Waals surface area contributed by atoms with E-state index in [-0.39, 0.29) is 5.78 Å². The Labute approximate surface area is 65.2 Å². The molecule has 1 aromatic heterocycles. The van der Waals surface area contributed by atoms with E-state index in [9.17, 15) is 4.79 Å². The van der Waals surface area contributed by atoms with Crippen molar-refractivity contribution in [3.05, 3.63) is 24.2 Å². The quantitative estimate of drug-likeness (QED) is 0.664. The average Bonchev–Trinajstić information content (AvgIpc) is 2.53. The van der Waals surface area contributed by atoms with Gasteiger partial charge in [-0.3, -0.25) is 4.79 Å². The van der Waals surface area contributed by atoms with E-state index in [4.69, 9.17) is 10.2 Å². The Hall–Kier alpha value is -1.09. The Kier molecular flexibility index (Phi) is 2.44. The second-order valence-electron chi connectivity index (χ2n) is 2.36. The molecule has 2 N–H and O–H groups in total. The molecule has 0 aliphatic heterocycles. The van der Waals surface area contributed by atoms with Crippen LogP contribution in [0.5, 0.6) is 0 Å². The number of Topliss-reactive ketones (excluding diaryl/α,β-unsaturated/α-hetero) is 1. The molecule has 3 nitrogen and oxygen atoms in total. The number of nitrogens with two attached hydrogens (primary N) is 1. The minimum Gasteiger partial charge on any atom is -0.461 e. The highest BCUT2D eigenvalue weighted by atomic mass is 16.3. The summed E-state index contributed by atoms with van der Waals surface area (Å²) in [7, 11) is 0. The minimum atomic E-state index is -0.429. The lowest BCUT2D eigenvalue weighted by atomic mass is 10.1. The zero-order valence-corrected chi connectivity index (χ0v) is 6.41. The molecule has 0 aromatic carbocycles. The summed E-state index contributed by atoms with van der Waals surface area (Å²) in [5, 5.41) is 0. The van der Waals surface area contributed by atoms with Crippen LogP contribution in [0.2, 0.25) is 0 Å². The molecular formula is C8H11NO2. The number of ketones is 1. The molecule has 0 amide bonds. The molecule has 0 saturated carbocycles. The van der Waals surface area contributed by atoms with E-state index in [0.29, 0.717) is 12.2 Å². The first kappa shape index (κ1) is 8.01. The molecule has 0 fully saturated rings. The van der Waals surface area contributed by atoms with Gasteiger partial charge < -0.3 is 10.2 Å². The largest absolute Gasteiger partial charge is 0.461 e. The first-order valence-corrected chi connectivity index (χ1v) is 3.59. The molecule has 0 bridgehead atoms. The number of rotatable bonds is 3. The van der Waals surface area contributed by atoms with Crippen LogP contribution in [0.4, 0.5) is 0 Å². The van der Waals surface area contributed by atoms with E-state index in [0.717, 1.165) is 0 Å². The van der Waals surface area contributed by atoms with Gasteiger partial charge in [-0.15, -0.1) is 0 Å². The van der Waals surface area contributed by atoms with Crippen LogP contribution >= 0.6 is 0 Å². The van der Waals surface area contributed by atoms with E-state index in [2.05, 4.69) is 0 Å². The van der Waals surface area contributed by atoms with E-state index >= 15 is 0 Å². The number of hydrogen-bond donors (Lipinski definition) is 1. The number of carbonyl (C=O) groups excluding carboxylic acids is 1. The number of carbonyl (C=O) groups is 1. The van der Waals surface area contributed by atoms with Crippen molar-refractivity contribution in [1.82, 2.24) is 0 Å². The normalized spacial score (nSPS) is 12.9. The molecule has 1 heterocycles. The topological polar surface area (TPSA) is 56.2 Å². The monoisotopic (exact) mass is 153 g/mol. The number of furan rings is 1. The van der Waals surface area contributed by atoms with Gasteiger partial charge in [0.1, 0.15) is 0 Å². The molecule has 0 spiro atoms. The maximum absolute atomic E-state index is 11.2. The highest BCUT2D eigenvalue weighted by Gasteiger charge is 2.15. The smallest absolute Gasteiger partial charge is 0.214 e. The van der Waals surface area contributed by atoms with Crippen LogP contribution < -0.4 is 5.73 Å². The molecule has 60 valence electrons. The predicted molar refractivity (Wildman–Crippen MR) is 41.3 cm³/mol. The molecule has 11 heavy (non-hydrogen) atoms. The van der Waals surface area contributed by atoms with Crippen molar-refractivity contribution in [1.29, 1.82) is 0 Å². The van der Waals surface area contributed by atoms with Gasteiger partial charge in [-0.2, -0.15) is 0 Å². The molecule has 0 saturated heterocycles. The summed E-state index contributed by atoms with van der Waals surface area (Å²) >= 11 is 0. The Bertz CT molecular complexity index is 228.